The molecular formula is C24H46N4O2. The van der Waals surface area contributed by atoms with E-state index < -0.39 is 0 Å². The third-order valence-corrected chi connectivity index (χ3v) is 7.30. The Balaban J connectivity index is 1.92. The number of amides is 1. The van der Waals surface area contributed by atoms with Crippen LogP contribution in [0.2, 0.25) is 0 Å². The lowest BCUT2D eigenvalue weighted by molar-refractivity contribution is -0.114. The van der Waals surface area contributed by atoms with Gasteiger partial charge in [0.05, 0.1) is 0 Å². The van der Waals surface area contributed by atoms with Crippen molar-refractivity contribution in [1.82, 2.24) is 15.5 Å². The molecule has 0 heterocycles. The van der Waals surface area contributed by atoms with Crippen molar-refractivity contribution in [3.05, 3.63) is 0 Å². The Morgan fingerprint density at radius 3 is 2.57 bits per heavy atom. The zero-order valence-corrected chi connectivity index (χ0v) is 19.4. The molecule has 4 N–H and O–H groups in total. The van der Waals surface area contributed by atoms with Gasteiger partial charge in [-0.05, 0) is 70.3 Å². The highest BCUT2D eigenvalue weighted by Crippen LogP contribution is 2.35. The maximum atomic E-state index is 11.1. The Morgan fingerprint density at radius 1 is 1.13 bits per heavy atom. The quantitative estimate of drug-likeness (QED) is 0.165. The van der Waals surface area contributed by atoms with Gasteiger partial charge in [-0.2, -0.15) is 0 Å². The van der Waals surface area contributed by atoms with E-state index in [-0.39, 0.29) is 18.1 Å². The third kappa shape index (κ3) is 8.93. The molecular weight excluding hydrogens is 376 g/mol. The minimum Gasteiger partial charge on any atom is -0.396 e. The predicted octanol–water partition coefficient (Wildman–Crippen LogP) is 4.03. The molecule has 0 saturated heterocycles. The molecule has 2 aliphatic rings. The summed E-state index contributed by atoms with van der Waals surface area (Å²) in [5, 5.41) is 24.4. The first-order valence-electron chi connectivity index (χ1n) is 12.3. The Labute approximate surface area is 184 Å². The minimum atomic E-state index is -0.144. The van der Waals surface area contributed by atoms with Crippen LogP contribution in [0.4, 0.5) is 0 Å². The highest BCUT2D eigenvalue weighted by molar-refractivity contribution is 5.86. The monoisotopic (exact) mass is 422 g/mol. The van der Waals surface area contributed by atoms with Crippen LogP contribution in [0.3, 0.4) is 0 Å². The first kappa shape index (κ1) is 25.1. The maximum Gasteiger partial charge on any atom is 0.216 e. The number of carbonyl (C=O) groups is 1. The molecule has 0 spiro atoms. The fourth-order valence-electron chi connectivity index (χ4n) is 5.48. The van der Waals surface area contributed by atoms with E-state index >= 15 is 0 Å². The van der Waals surface area contributed by atoms with E-state index in [9.17, 15) is 4.79 Å². The first-order valence-corrected chi connectivity index (χ1v) is 12.3. The summed E-state index contributed by atoms with van der Waals surface area (Å²) in [4.78, 5) is 12.5. The zero-order valence-electron chi connectivity index (χ0n) is 19.4. The highest BCUT2D eigenvalue weighted by atomic mass is 16.2. The summed E-state index contributed by atoms with van der Waals surface area (Å²) in [6.45, 7) is 3.53. The van der Waals surface area contributed by atoms with Gasteiger partial charge in [0, 0.05) is 25.2 Å². The van der Waals surface area contributed by atoms with Crippen LogP contribution >= 0.6 is 0 Å². The van der Waals surface area contributed by atoms with Gasteiger partial charge in [-0.15, -0.1) is 0 Å². The van der Waals surface area contributed by atoms with Crippen LogP contribution in [0, 0.1) is 17.2 Å². The molecule has 0 aromatic heterocycles. The summed E-state index contributed by atoms with van der Waals surface area (Å²) in [5.41, 5.74) is -0.144. The first-order chi connectivity index (χ1) is 14.5. The number of guanidine groups is 1. The molecule has 2 saturated carbocycles. The average molecular weight is 423 g/mol. The van der Waals surface area contributed by atoms with Crippen LogP contribution in [0.5, 0.6) is 0 Å². The van der Waals surface area contributed by atoms with E-state index in [1.165, 1.54) is 69.1 Å². The Bertz CT molecular complexity index is 509. The zero-order chi connectivity index (χ0) is 21.8. The molecule has 174 valence electrons. The van der Waals surface area contributed by atoms with Gasteiger partial charge in [0.2, 0.25) is 6.41 Å². The number of unbranched alkanes of at least 4 members (excludes halogenated alkanes) is 1. The number of nitrogens with zero attached hydrogens (tertiary/aromatic N) is 1. The number of carbonyl (C=O) groups excluding carboxylic acids is 1. The summed E-state index contributed by atoms with van der Waals surface area (Å²) in [7, 11) is 1.65. The summed E-state index contributed by atoms with van der Waals surface area (Å²) in [6, 6.07) is 0.571. The Kier molecular flexibility index (Phi) is 11.1. The second kappa shape index (κ2) is 13.3. The number of nitrogens with one attached hydrogen (secondary N) is 3. The van der Waals surface area contributed by atoms with Gasteiger partial charge in [-0.25, -0.2) is 0 Å². The lowest BCUT2D eigenvalue weighted by Gasteiger charge is -2.40. The minimum absolute atomic E-state index is 0.144. The Hall–Kier alpha value is -1.14. The molecule has 0 aromatic rings. The van der Waals surface area contributed by atoms with Crippen molar-refractivity contribution < 1.29 is 9.90 Å². The lowest BCUT2D eigenvalue weighted by atomic mass is 9.75. The number of rotatable bonds is 12. The van der Waals surface area contributed by atoms with Crippen molar-refractivity contribution in [3.63, 3.8) is 0 Å². The van der Waals surface area contributed by atoms with E-state index in [1.54, 1.807) is 7.05 Å². The van der Waals surface area contributed by atoms with Crippen molar-refractivity contribution in [3.8, 4) is 0 Å². The van der Waals surface area contributed by atoms with Gasteiger partial charge in [0.25, 0.3) is 0 Å². The third-order valence-electron chi connectivity index (χ3n) is 7.30. The van der Waals surface area contributed by atoms with E-state index in [2.05, 4.69) is 17.6 Å². The van der Waals surface area contributed by atoms with Crippen molar-refractivity contribution >= 4 is 12.4 Å². The topological polar surface area (TPSA) is 88.5 Å². The van der Waals surface area contributed by atoms with Crippen LogP contribution < -0.4 is 10.6 Å². The molecule has 2 aliphatic carbocycles. The van der Waals surface area contributed by atoms with Gasteiger partial charge in [0.15, 0.2) is 5.96 Å². The van der Waals surface area contributed by atoms with Crippen LogP contribution in [-0.2, 0) is 4.79 Å². The summed E-state index contributed by atoms with van der Waals surface area (Å²) in [6.07, 6.45) is 17.7. The molecule has 2 fully saturated rings. The number of aliphatic hydroxyl groups is 1. The molecule has 0 radical (unpaired) electrons. The molecule has 0 aliphatic heterocycles. The molecule has 0 unspecified atom stereocenters. The van der Waals surface area contributed by atoms with Gasteiger partial charge >= 0.3 is 0 Å². The van der Waals surface area contributed by atoms with E-state index in [4.69, 9.17) is 10.5 Å². The van der Waals surface area contributed by atoms with Crippen molar-refractivity contribution in [1.29, 1.82) is 5.41 Å². The van der Waals surface area contributed by atoms with Crippen molar-refractivity contribution in [2.45, 2.75) is 108 Å². The summed E-state index contributed by atoms with van der Waals surface area (Å²) in [5.74, 6) is 1.68. The van der Waals surface area contributed by atoms with Crippen LogP contribution in [-0.4, -0.2) is 54.2 Å². The maximum absolute atomic E-state index is 11.1. The standard InChI is InChI=1S/C24H46N4O2/c1-24(27-23(25)28(2)19-30,14-13-20-9-4-3-5-10-20)18-21-11-8-12-22(17-21)26-15-6-7-16-29/h19-22,26,29H,3-18H2,1-2H3,(H2,25,27)/t21-,22-,24-/m1/s1. The molecule has 1 amide bonds. The second-order valence-electron chi connectivity index (χ2n) is 10.1. The van der Waals surface area contributed by atoms with E-state index in [1.807, 2.05) is 0 Å². The fourth-order valence-corrected chi connectivity index (χ4v) is 5.48. The van der Waals surface area contributed by atoms with Gasteiger partial charge < -0.3 is 15.7 Å². The van der Waals surface area contributed by atoms with Crippen molar-refractivity contribution in [2.75, 3.05) is 20.2 Å². The SMILES string of the molecule is CN(C=O)C(=N)N[C@](C)(CCC1CCCCC1)C[C@@H]1CCC[C@@H](NCCCCO)C1. The lowest BCUT2D eigenvalue weighted by Crippen LogP contribution is -2.52. The molecule has 0 bridgehead atoms. The Morgan fingerprint density at radius 2 is 1.87 bits per heavy atom. The molecule has 0 aromatic carbocycles. The van der Waals surface area contributed by atoms with Gasteiger partial charge in [-0.3, -0.25) is 15.1 Å². The normalized spacial score (nSPS) is 24.8. The second-order valence-corrected chi connectivity index (χ2v) is 10.1. The molecule has 3 atom stereocenters. The average Bonchev–Trinajstić information content (AvgIpc) is 2.75. The fraction of sp³-hybridized carbons (Fsp3) is 0.917. The molecule has 30 heavy (non-hydrogen) atoms. The van der Waals surface area contributed by atoms with E-state index in [0.29, 0.717) is 18.4 Å². The number of hydrogen-bond acceptors (Lipinski definition) is 4. The summed E-state index contributed by atoms with van der Waals surface area (Å²) >= 11 is 0. The largest absolute Gasteiger partial charge is 0.396 e. The van der Waals surface area contributed by atoms with Crippen LogP contribution in [0.25, 0.3) is 0 Å². The van der Waals surface area contributed by atoms with Gasteiger partial charge in [-0.1, -0.05) is 44.9 Å². The molecule has 2 rings (SSSR count). The smallest absolute Gasteiger partial charge is 0.216 e. The predicted molar refractivity (Wildman–Crippen MR) is 124 cm³/mol. The summed E-state index contributed by atoms with van der Waals surface area (Å²) < 4.78 is 0. The van der Waals surface area contributed by atoms with Gasteiger partial charge in [0.1, 0.15) is 0 Å². The van der Waals surface area contributed by atoms with Crippen LogP contribution in [0.1, 0.15) is 96.8 Å². The number of hydrogen-bond donors (Lipinski definition) is 4. The van der Waals surface area contributed by atoms with Crippen LogP contribution in [0.15, 0.2) is 0 Å². The van der Waals surface area contributed by atoms with E-state index in [0.717, 1.165) is 38.1 Å². The molecule has 6 heteroatoms. The van der Waals surface area contributed by atoms with Crippen molar-refractivity contribution in [2.24, 2.45) is 11.8 Å². The highest BCUT2D eigenvalue weighted by Gasteiger charge is 2.33. The number of aliphatic hydroxyl groups excluding tert-OH is 1. The molecule has 6 nitrogen and oxygen atoms in total.